The van der Waals surface area contributed by atoms with Crippen molar-refractivity contribution in [3.8, 4) is 0 Å². The van der Waals surface area contributed by atoms with E-state index in [-0.39, 0.29) is 47.8 Å². The zero-order valence-electron chi connectivity index (χ0n) is 26.0. The number of likely N-dealkylation sites (tertiary alicyclic amines) is 1. The maximum Gasteiger partial charge on any atom is 0.338 e. The lowest BCUT2D eigenvalue weighted by Crippen LogP contribution is -2.77. The fraction of sp³-hybridized carbons (Fsp3) is 0.758. The molecule has 1 aromatic rings. The van der Waals surface area contributed by atoms with Gasteiger partial charge in [-0.05, 0) is 44.4 Å². The highest BCUT2D eigenvalue weighted by Gasteiger charge is 2.89. The molecular formula is C33H45NO9. The molecule has 1 aromatic carbocycles. The van der Waals surface area contributed by atoms with E-state index in [9.17, 15) is 14.7 Å². The Morgan fingerprint density at radius 3 is 2.35 bits per heavy atom. The Morgan fingerprint density at radius 1 is 1.00 bits per heavy atom. The van der Waals surface area contributed by atoms with Gasteiger partial charge in [-0.15, -0.1) is 0 Å². The quantitative estimate of drug-likeness (QED) is 0.447. The number of piperidine rings is 1. The van der Waals surface area contributed by atoms with Gasteiger partial charge in [-0.3, -0.25) is 4.79 Å². The molecule has 43 heavy (non-hydrogen) atoms. The van der Waals surface area contributed by atoms with Crippen LogP contribution in [0.1, 0.15) is 43.0 Å². The molecule has 6 fully saturated rings. The summed E-state index contributed by atoms with van der Waals surface area (Å²) in [7, 11) is 9.01. The molecule has 10 heteroatoms. The molecule has 0 amide bonds. The molecular weight excluding hydrogens is 554 g/mol. The van der Waals surface area contributed by atoms with Crippen LogP contribution in [0.4, 0.5) is 0 Å². The standard InChI is InChI=1S/C33H45NO9/c1-18(35)43-32-15-22(40-5)31(37)14-20(23(32)28(31)42-29(36)19-10-8-7-9-11-19)33-21(39-4)12-13-30(17-38-3)16-34(2)27(33)24(32)25(41-6)26(30)33/h7-11,20-28,37H,12-17H2,1-6H3/t20-,21+,22+,23-,24-,25+,26?,27?,28-,30+,31-,32-,33+/m1/s1. The predicted octanol–water partition coefficient (Wildman–Crippen LogP) is 2.32. The summed E-state index contributed by atoms with van der Waals surface area (Å²) in [6.45, 7) is 2.82. The van der Waals surface area contributed by atoms with Gasteiger partial charge in [0.05, 0.1) is 30.5 Å². The van der Waals surface area contributed by atoms with Crippen molar-refractivity contribution in [1.82, 2.24) is 4.90 Å². The fourth-order valence-electron chi connectivity index (χ4n) is 12.2. The molecule has 5 aliphatic carbocycles. The lowest BCUT2D eigenvalue weighted by molar-refractivity contribution is -0.285. The zero-order valence-corrected chi connectivity index (χ0v) is 26.0. The summed E-state index contributed by atoms with van der Waals surface area (Å²) in [4.78, 5) is 29.2. The van der Waals surface area contributed by atoms with E-state index in [2.05, 4.69) is 11.9 Å². The Labute approximate surface area is 253 Å². The number of hydrogen-bond donors (Lipinski definition) is 1. The first-order chi connectivity index (χ1) is 20.6. The number of carbonyl (C=O) groups is 2. The Hall–Kier alpha value is -2.08. The van der Waals surface area contributed by atoms with Crippen LogP contribution in [0.25, 0.3) is 0 Å². The van der Waals surface area contributed by atoms with E-state index in [0.717, 1.165) is 19.4 Å². The van der Waals surface area contributed by atoms with Crippen molar-refractivity contribution in [3.63, 3.8) is 0 Å². The molecule has 1 aliphatic heterocycles. The largest absolute Gasteiger partial charge is 0.458 e. The second-order valence-electron chi connectivity index (χ2n) is 14.1. The number of ether oxygens (including phenoxy) is 6. The summed E-state index contributed by atoms with van der Waals surface area (Å²) in [6, 6.07) is 8.77. The summed E-state index contributed by atoms with van der Waals surface area (Å²) in [5.41, 5.74) is -2.88. The molecule has 1 spiro atoms. The van der Waals surface area contributed by atoms with E-state index >= 15 is 0 Å². The van der Waals surface area contributed by atoms with Gasteiger partial charge in [-0.25, -0.2) is 4.79 Å². The number of aliphatic hydroxyl groups is 1. The van der Waals surface area contributed by atoms with Crippen molar-refractivity contribution in [2.45, 2.75) is 74.3 Å². The van der Waals surface area contributed by atoms with Crippen LogP contribution in [0.3, 0.4) is 0 Å². The third-order valence-electron chi connectivity index (χ3n) is 12.7. The first-order valence-corrected chi connectivity index (χ1v) is 15.5. The molecule has 7 bridgehead atoms. The van der Waals surface area contributed by atoms with E-state index < -0.39 is 46.7 Å². The number of fused-ring (bicyclic) bond motifs is 2. The molecule has 1 N–H and O–H groups in total. The van der Waals surface area contributed by atoms with Gasteiger partial charge in [0.25, 0.3) is 0 Å². The van der Waals surface area contributed by atoms with Crippen LogP contribution >= 0.6 is 0 Å². The Morgan fingerprint density at radius 2 is 1.72 bits per heavy atom. The second-order valence-corrected chi connectivity index (χ2v) is 14.1. The Kier molecular flexibility index (Phi) is 6.86. The van der Waals surface area contributed by atoms with Crippen molar-refractivity contribution in [2.24, 2.45) is 34.5 Å². The highest BCUT2D eigenvalue weighted by Crippen LogP contribution is 2.80. The molecule has 1 saturated heterocycles. The Balaban J connectivity index is 1.48. The van der Waals surface area contributed by atoms with Crippen molar-refractivity contribution in [2.75, 3.05) is 48.6 Å². The van der Waals surface area contributed by atoms with E-state index in [1.807, 2.05) is 6.07 Å². The average molecular weight is 600 g/mol. The van der Waals surface area contributed by atoms with E-state index in [4.69, 9.17) is 28.4 Å². The van der Waals surface area contributed by atoms with Crippen LogP contribution < -0.4 is 0 Å². The third-order valence-corrected chi connectivity index (χ3v) is 12.7. The fourth-order valence-corrected chi connectivity index (χ4v) is 12.2. The molecule has 0 aromatic heterocycles. The molecule has 7 rings (SSSR count). The monoisotopic (exact) mass is 599 g/mol. The van der Waals surface area contributed by atoms with Crippen LogP contribution in [0.15, 0.2) is 30.3 Å². The van der Waals surface area contributed by atoms with Crippen LogP contribution in [0.2, 0.25) is 0 Å². The number of nitrogens with zero attached hydrogens (tertiary/aromatic N) is 1. The third kappa shape index (κ3) is 3.51. The van der Waals surface area contributed by atoms with Crippen LogP contribution in [0, 0.1) is 34.5 Å². The summed E-state index contributed by atoms with van der Waals surface area (Å²) in [6.07, 6.45) is 0.272. The number of methoxy groups -OCH3 is 4. The van der Waals surface area contributed by atoms with E-state index in [1.165, 1.54) is 6.92 Å². The summed E-state index contributed by atoms with van der Waals surface area (Å²) < 4.78 is 38.0. The molecule has 10 nitrogen and oxygen atoms in total. The minimum Gasteiger partial charge on any atom is -0.458 e. The number of esters is 2. The van der Waals surface area contributed by atoms with Gasteiger partial charge >= 0.3 is 11.9 Å². The first-order valence-electron chi connectivity index (χ1n) is 15.5. The molecule has 1 heterocycles. The van der Waals surface area contributed by atoms with Gasteiger partial charge in [0.2, 0.25) is 0 Å². The van der Waals surface area contributed by atoms with Crippen molar-refractivity contribution >= 4 is 11.9 Å². The number of hydrogen-bond acceptors (Lipinski definition) is 10. The first kappa shape index (κ1) is 29.6. The van der Waals surface area contributed by atoms with Crippen LogP contribution in [0.5, 0.6) is 0 Å². The minimum absolute atomic E-state index is 0.0201. The van der Waals surface area contributed by atoms with Crippen molar-refractivity contribution < 1.29 is 43.1 Å². The van der Waals surface area contributed by atoms with Crippen LogP contribution in [-0.2, 0) is 33.2 Å². The minimum atomic E-state index is -1.48. The average Bonchev–Trinajstić information content (AvgIpc) is 3.37. The SMILES string of the molecule is COC[C@@]12CC[C@H](OC)[C@]34C([C@@H]([C@H](OC)C13)[C@@]1(OC(C)=O)C[C@H](OC)[C@]3(O)C[C@@H]4[C@@H]1[C@H]3OC(=O)c1ccccc1)N(C)C2. The molecule has 0 radical (unpaired) electrons. The zero-order chi connectivity index (χ0) is 30.5. The van der Waals surface area contributed by atoms with Gasteiger partial charge in [-0.2, -0.15) is 0 Å². The summed E-state index contributed by atoms with van der Waals surface area (Å²) in [5, 5.41) is 12.7. The smallest absolute Gasteiger partial charge is 0.338 e. The maximum absolute atomic E-state index is 13.7. The molecule has 2 unspecified atom stereocenters. The molecule has 13 atom stereocenters. The number of rotatable bonds is 8. The topological polar surface area (TPSA) is 113 Å². The summed E-state index contributed by atoms with van der Waals surface area (Å²) in [5.74, 6) is -1.87. The van der Waals surface area contributed by atoms with Gasteiger partial charge in [0.1, 0.15) is 17.3 Å². The van der Waals surface area contributed by atoms with E-state index in [1.54, 1.807) is 52.7 Å². The highest BCUT2D eigenvalue weighted by atomic mass is 16.6. The molecule has 5 saturated carbocycles. The van der Waals surface area contributed by atoms with Crippen molar-refractivity contribution in [3.05, 3.63) is 35.9 Å². The molecule has 6 aliphatic rings. The van der Waals surface area contributed by atoms with Gasteiger partial charge < -0.3 is 38.4 Å². The molecule has 236 valence electrons. The second kappa shape index (κ2) is 9.96. The highest BCUT2D eigenvalue weighted by molar-refractivity contribution is 5.89. The van der Waals surface area contributed by atoms with Crippen molar-refractivity contribution in [1.29, 1.82) is 0 Å². The number of carbonyl (C=O) groups excluding carboxylic acids is 2. The number of benzene rings is 1. The lowest BCUT2D eigenvalue weighted by Gasteiger charge is -2.69. The Bertz CT molecular complexity index is 1280. The lowest BCUT2D eigenvalue weighted by atomic mass is 9.43. The predicted molar refractivity (Wildman–Crippen MR) is 153 cm³/mol. The van der Waals surface area contributed by atoms with Gasteiger partial charge in [0, 0.05) is 83.0 Å². The van der Waals surface area contributed by atoms with Crippen LogP contribution in [-0.4, -0.2) is 112 Å². The normalized spacial score (nSPS) is 49.0. The maximum atomic E-state index is 13.7. The summed E-state index contributed by atoms with van der Waals surface area (Å²) >= 11 is 0. The van der Waals surface area contributed by atoms with Gasteiger partial charge in [-0.1, -0.05) is 18.2 Å². The van der Waals surface area contributed by atoms with E-state index in [0.29, 0.717) is 18.6 Å². The van der Waals surface area contributed by atoms with Gasteiger partial charge in [0.15, 0.2) is 0 Å².